The van der Waals surface area contributed by atoms with Crippen molar-refractivity contribution in [2.45, 2.75) is 0 Å². The van der Waals surface area contributed by atoms with Crippen LogP contribution >= 0.6 is 24.8 Å². The second-order valence-electron chi connectivity index (χ2n) is 7.73. The highest BCUT2D eigenvalue weighted by Gasteiger charge is 2.10. The zero-order chi connectivity index (χ0) is 23.0. The van der Waals surface area contributed by atoms with Crippen molar-refractivity contribution >= 4 is 82.9 Å². The minimum absolute atomic E-state index is 0. The standard InChI is InChI=1S/C26H26N8.2ClH/c1-2-8-20-19(7-1)23(11-5-13-31-33-25-27-15-16-28-25)21-9-3-4-10-22(21)24(20)12-6-14-32-34-26-29-17-18-30-26;;/h1-14H,15-18H2,(H2,27,28,33)(H2,29,30,34);2*1H/b11-5+,12-6+,31-13+,32-14+;;. The molecule has 0 atom stereocenters. The SMILES string of the molecule is C(=C\c1c2ccccc2c(/C=C/C=N/NC2=NCCN2)c2ccccc12)/C=N/NC1=NCCN1.Cl.Cl. The van der Waals surface area contributed by atoms with Gasteiger partial charge in [-0.1, -0.05) is 60.7 Å². The van der Waals surface area contributed by atoms with E-state index in [-0.39, 0.29) is 24.8 Å². The Bertz CT molecular complexity index is 1210. The topological polar surface area (TPSA) is 97.6 Å². The Labute approximate surface area is 222 Å². The van der Waals surface area contributed by atoms with Crippen LogP contribution < -0.4 is 21.5 Å². The molecule has 2 aliphatic rings. The maximum absolute atomic E-state index is 4.27. The number of nitrogens with one attached hydrogen (secondary N) is 4. The van der Waals surface area contributed by atoms with E-state index in [4.69, 9.17) is 0 Å². The summed E-state index contributed by atoms with van der Waals surface area (Å²) in [6.07, 6.45) is 11.6. The van der Waals surface area contributed by atoms with Crippen molar-refractivity contribution in [3.05, 3.63) is 71.8 Å². The van der Waals surface area contributed by atoms with E-state index in [1.54, 1.807) is 12.4 Å². The predicted octanol–water partition coefficient (Wildman–Crippen LogP) is 3.93. The molecule has 0 amide bonds. The van der Waals surface area contributed by atoms with Crippen molar-refractivity contribution in [1.29, 1.82) is 0 Å². The van der Waals surface area contributed by atoms with Crippen molar-refractivity contribution in [2.75, 3.05) is 26.2 Å². The van der Waals surface area contributed by atoms with Crippen molar-refractivity contribution in [1.82, 2.24) is 21.5 Å². The smallest absolute Gasteiger partial charge is 0.212 e. The van der Waals surface area contributed by atoms with Crippen LogP contribution in [0.2, 0.25) is 0 Å². The zero-order valence-electron chi connectivity index (χ0n) is 19.5. The Balaban J connectivity index is 0.00000180. The first-order valence-electron chi connectivity index (χ1n) is 11.3. The highest BCUT2D eigenvalue weighted by Crippen LogP contribution is 2.34. The van der Waals surface area contributed by atoms with Crippen LogP contribution in [0, 0.1) is 0 Å². The summed E-state index contributed by atoms with van der Waals surface area (Å²) in [6, 6.07) is 16.9. The summed E-state index contributed by atoms with van der Waals surface area (Å²) < 4.78 is 0. The Kier molecular flexibility index (Phi) is 9.85. The molecule has 0 fully saturated rings. The molecule has 186 valence electrons. The molecule has 36 heavy (non-hydrogen) atoms. The molecule has 0 aromatic heterocycles. The second kappa shape index (κ2) is 13.3. The summed E-state index contributed by atoms with van der Waals surface area (Å²) in [5.74, 6) is 1.42. The quantitative estimate of drug-likeness (QED) is 0.224. The summed E-state index contributed by atoms with van der Waals surface area (Å²) in [5.41, 5.74) is 8.16. The van der Waals surface area contributed by atoms with Crippen molar-refractivity contribution in [3.63, 3.8) is 0 Å². The van der Waals surface area contributed by atoms with Gasteiger partial charge in [-0.15, -0.1) is 24.8 Å². The third-order valence-electron chi connectivity index (χ3n) is 5.55. The second-order valence-corrected chi connectivity index (χ2v) is 7.73. The molecular weight excluding hydrogens is 495 g/mol. The van der Waals surface area contributed by atoms with Gasteiger partial charge in [-0.25, -0.2) is 20.8 Å². The number of allylic oxidation sites excluding steroid dienone is 2. The molecule has 0 radical (unpaired) electrons. The van der Waals surface area contributed by atoms with Crippen molar-refractivity contribution < 1.29 is 0 Å². The van der Waals surface area contributed by atoms with Gasteiger partial charge >= 0.3 is 0 Å². The van der Waals surface area contributed by atoms with Gasteiger partial charge in [0.05, 0.1) is 13.1 Å². The fourth-order valence-electron chi connectivity index (χ4n) is 4.06. The molecule has 0 saturated carbocycles. The number of guanidine groups is 2. The van der Waals surface area contributed by atoms with E-state index in [0.29, 0.717) is 11.9 Å². The van der Waals surface area contributed by atoms with E-state index in [1.165, 1.54) is 21.5 Å². The predicted molar refractivity (Wildman–Crippen MR) is 158 cm³/mol. The van der Waals surface area contributed by atoms with Gasteiger partial charge in [0.15, 0.2) is 0 Å². The molecule has 3 aromatic rings. The van der Waals surface area contributed by atoms with E-state index in [9.17, 15) is 0 Å². The van der Waals surface area contributed by atoms with Gasteiger partial charge in [0.25, 0.3) is 0 Å². The lowest BCUT2D eigenvalue weighted by Gasteiger charge is -2.12. The lowest BCUT2D eigenvalue weighted by molar-refractivity contribution is 0.920. The van der Waals surface area contributed by atoms with Crippen LogP contribution in [0.4, 0.5) is 0 Å². The normalized spacial score (nSPS) is 15.2. The number of benzene rings is 3. The first-order chi connectivity index (χ1) is 16.9. The number of fused-ring (bicyclic) bond motifs is 2. The number of hydrogen-bond donors (Lipinski definition) is 4. The van der Waals surface area contributed by atoms with Crippen LogP contribution in [-0.4, -0.2) is 50.5 Å². The molecule has 4 N–H and O–H groups in total. The minimum Gasteiger partial charge on any atom is -0.353 e. The summed E-state index contributed by atoms with van der Waals surface area (Å²) >= 11 is 0. The van der Waals surface area contributed by atoms with Crippen LogP contribution in [-0.2, 0) is 0 Å². The number of aliphatic imine (C=N–C) groups is 2. The van der Waals surface area contributed by atoms with Gasteiger partial charge in [0, 0.05) is 25.5 Å². The number of hydrazone groups is 2. The van der Waals surface area contributed by atoms with Crippen LogP contribution in [0.1, 0.15) is 11.1 Å². The molecule has 2 heterocycles. The molecule has 0 bridgehead atoms. The molecule has 2 aliphatic heterocycles. The van der Waals surface area contributed by atoms with Crippen LogP contribution in [0.15, 0.2) is 80.9 Å². The fraction of sp³-hybridized carbons (Fsp3) is 0.154. The van der Waals surface area contributed by atoms with E-state index in [1.807, 2.05) is 12.2 Å². The van der Waals surface area contributed by atoms with Gasteiger partial charge in [-0.05, 0) is 44.8 Å². The van der Waals surface area contributed by atoms with Crippen LogP contribution in [0.3, 0.4) is 0 Å². The lowest BCUT2D eigenvalue weighted by Crippen LogP contribution is -2.29. The first kappa shape index (κ1) is 26.7. The van der Waals surface area contributed by atoms with Crippen molar-refractivity contribution in [2.24, 2.45) is 20.2 Å². The Morgan fingerprint density at radius 1 is 0.639 bits per heavy atom. The fourth-order valence-corrected chi connectivity index (χ4v) is 4.06. The van der Waals surface area contributed by atoms with Gasteiger partial charge in [0.1, 0.15) is 0 Å². The van der Waals surface area contributed by atoms with E-state index >= 15 is 0 Å². The van der Waals surface area contributed by atoms with Gasteiger partial charge in [0.2, 0.25) is 11.9 Å². The molecule has 3 aromatic carbocycles. The lowest BCUT2D eigenvalue weighted by atomic mass is 9.91. The molecule has 0 unspecified atom stereocenters. The van der Waals surface area contributed by atoms with E-state index in [0.717, 1.165) is 37.3 Å². The largest absolute Gasteiger partial charge is 0.353 e. The van der Waals surface area contributed by atoms with Crippen molar-refractivity contribution in [3.8, 4) is 0 Å². The average molecular weight is 523 g/mol. The molecule has 10 heteroatoms. The highest BCUT2D eigenvalue weighted by molar-refractivity contribution is 6.13. The average Bonchev–Trinajstić information content (AvgIpc) is 3.59. The first-order valence-corrected chi connectivity index (χ1v) is 11.3. The van der Waals surface area contributed by atoms with Crippen LogP contribution in [0.25, 0.3) is 33.7 Å². The molecule has 0 spiro atoms. The maximum Gasteiger partial charge on any atom is 0.212 e. The Morgan fingerprint density at radius 3 is 1.36 bits per heavy atom. The molecular formula is C26H28Cl2N8. The molecule has 5 rings (SSSR count). The van der Waals surface area contributed by atoms with Gasteiger partial charge in [-0.2, -0.15) is 10.2 Å². The Hall–Kier alpha value is -3.88. The molecule has 8 nitrogen and oxygen atoms in total. The summed E-state index contributed by atoms with van der Waals surface area (Å²) in [7, 11) is 0. The van der Waals surface area contributed by atoms with E-state index < -0.39 is 0 Å². The number of nitrogens with zero attached hydrogens (tertiary/aromatic N) is 4. The number of rotatable bonds is 6. The zero-order valence-corrected chi connectivity index (χ0v) is 21.1. The molecule has 0 saturated heterocycles. The monoisotopic (exact) mass is 522 g/mol. The Morgan fingerprint density at radius 2 is 1.03 bits per heavy atom. The third-order valence-corrected chi connectivity index (χ3v) is 5.55. The van der Waals surface area contributed by atoms with Crippen LogP contribution in [0.5, 0.6) is 0 Å². The van der Waals surface area contributed by atoms with E-state index in [2.05, 4.69) is 102 Å². The minimum atomic E-state index is 0. The third kappa shape index (κ3) is 6.21. The van der Waals surface area contributed by atoms with Gasteiger partial charge < -0.3 is 10.6 Å². The summed E-state index contributed by atoms with van der Waals surface area (Å²) in [5, 5.41) is 19.4. The maximum atomic E-state index is 4.27. The number of hydrogen-bond acceptors (Lipinski definition) is 8. The van der Waals surface area contributed by atoms with Gasteiger partial charge in [-0.3, -0.25) is 0 Å². The number of halogens is 2. The highest BCUT2D eigenvalue weighted by atomic mass is 35.5. The summed E-state index contributed by atoms with van der Waals surface area (Å²) in [6.45, 7) is 3.26. The molecule has 0 aliphatic carbocycles. The summed E-state index contributed by atoms with van der Waals surface area (Å²) in [4.78, 5) is 8.53.